The van der Waals surface area contributed by atoms with Gasteiger partial charge in [0.25, 0.3) is 0 Å². The Morgan fingerprint density at radius 2 is 1.78 bits per heavy atom. The van der Waals surface area contributed by atoms with Gasteiger partial charge in [-0.3, -0.25) is 9.63 Å². The molecule has 0 aromatic carbocycles. The molecule has 9 heteroatoms. The van der Waals surface area contributed by atoms with Crippen LogP contribution in [0.4, 0.5) is 18.0 Å². The highest BCUT2D eigenvalue weighted by atomic mass is 19.4. The molecular weight excluding hydrogens is 259 g/mol. The van der Waals surface area contributed by atoms with Crippen LogP contribution in [0.25, 0.3) is 0 Å². The number of rotatable bonds is 4. The van der Waals surface area contributed by atoms with Crippen molar-refractivity contribution in [3.8, 4) is 0 Å². The van der Waals surface area contributed by atoms with E-state index in [-0.39, 0.29) is 0 Å². The minimum Gasteiger partial charge on any atom is -0.481 e. The van der Waals surface area contributed by atoms with E-state index in [1.54, 1.807) is 26.3 Å². The third-order valence-electron chi connectivity index (χ3n) is 1.50. The summed E-state index contributed by atoms with van der Waals surface area (Å²) in [5.74, 6) is -4.80. The van der Waals surface area contributed by atoms with Crippen molar-refractivity contribution in [2.45, 2.75) is 32.5 Å². The first-order valence-corrected chi connectivity index (χ1v) is 4.84. The third-order valence-corrected chi connectivity index (χ3v) is 1.50. The lowest BCUT2D eigenvalue weighted by Gasteiger charge is -2.20. The molecule has 0 saturated carbocycles. The molecule has 0 radical (unpaired) electrons. The number of halogens is 3. The van der Waals surface area contributed by atoms with Crippen LogP contribution in [-0.2, 0) is 14.4 Å². The van der Waals surface area contributed by atoms with E-state index in [1.807, 2.05) is 0 Å². The second kappa shape index (κ2) is 5.89. The van der Waals surface area contributed by atoms with E-state index in [1.165, 1.54) is 0 Å². The Hall–Kier alpha value is -1.51. The molecule has 1 unspecified atom stereocenters. The number of aliphatic carboxylic acids is 1. The molecule has 6 nitrogen and oxygen atoms in total. The van der Waals surface area contributed by atoms with Gasteiger partial charge in [0.1, 0.15) is 5.60 Å². The molecule has 0 aromatic rings. The van der Waals surface area contributed by atoms with Crippen molar-refractivity contribution in [1.29, 1.82) is 0 Å². The zero-order chi connectivity index (χ0) is 14.6. The molecular formula is C9H14F3NO5. The summed E-state index contributed by atoms with van der Waals surface area (Å²) < 4.78 is 41.1. The summed E-state index contributed by atoms with van der Waals surface area (Å²) in [6.07, 6.45) is -6.06. The summed E-state index contributed by atoms with van der Waals surface area (Å²) in [5.41, 5.74) is 0.729. The lowest BCUT2D eigenvalue weighted by Crippen LogP contribution is -2.39. The lowest BCUT2D eigenvalue weighted by atomic mass is 10.1. The molecule has 1 atom stereocenters. The molecule has 18 heavy (non-hydrogen) atoms. The van der Waals surface area contributed by atoms with Crippen molar-refractivity contribution in [1.82, 2.24) is 5.48 Å². The molecule has 0 heterocycles. The number of carboxylic acids is 1. The van der Waals surface area contributed by atoms with Gasteiger partial charge in [-0.05, 0) is 20.8 Å². The van der Waals surface area contributed by atoms with E-state index in [2.05, 4.69) is 9.57 Å². The monoisotopic (exact) mass is 273 g/mol. The number of nitrogens with one attached hydrogen (secondary N) is 1. The SMILES string of the molecule is CC(C)(C)OC(=O)NOCC(C(=O)O)C(F)(F)F. The predicted octanol–water partition coefficient (Wildman–Crippen LogP) is 1.71. The Morgan fingerprint density at radius 1 is 1.28 bits per heavy atom. The molecule has 0 spiro atoms. The number of hydroxylamine groups is 1. The molecule has 106 valence electrons. The molecule has 0 bridgehead atoms. The standard InChI is InChI=1S/C9H14F3NO5/c1-8(2,3)18-7(16)13-17-4-5(6(14)15)9(10,11)12/h5H,4H2,1-3H3,(H,13,16)(H,14,15). The van der Waals surface area contributed by atoms with Gasteiger partial charge in [-0.25, -0.2) is 4.79 Å². The molecule has 0 saturated heterocycles. The van der Waals surface area contributed by atoms with Crippen LogP contribution < -0.4 is 5.48 Å². The second-order valence-corrected chi connectivity index (χ2v) is 4.35. The van der Waals surface area contributed by atoms with E-state index in [0.717, 1.165) is 0 Å². The topological polar surface area (TPSA) is 84.9 Å². The maximum Gasteiger partial charge on any atom is 0.431 e. The van der Waals surface area contributed by atoms with Crippen molar-refractivity contribution < 1.29 is 37.4 Å². The molecule has 0 rings (SSSR count). The van der Waals surface area contributed by atoms with Gasteiger partial charge in [0, 0.05) is 0 Å². The Balaban J connectivity index is 4.17. The predicted molar refractivity (Wildman–Crippen MR) is 52.5 cm³/mol. The van der Waals surface area contributed by atoms with Crippen LogP contribution in [0, 0.1) is 5.92 Å². The molecule has 0 fully saturated rings. The number of carbonyl (C=O) groups is 2. The first-order chi connectivity index (χ1) is 7.93. The van der Waals surface area contributed by atoms with Crippen molar-refractivity contribution in [3.05, 3.63) is 0 Å². The van der Waals surface area contributed by atoms with Crippen LogP contribution in [0.3, 0.4) is 0 Å². The highest BCUT2D eigenvalue weighted by Crippen LogP contribution is 2.26. The van der Waals surface area contributed by atoms with Gasteiger partial charge in [0.2, 0.25) is 0 Å². The van der Waals surface area contributed by atoms with Gasteiger partial charge < -0.3 is 9.84 Å². The van der Waals surface area contributed by atoms with Gasteiger partial charge in [-0.15, -0.1) is 0 Å². The highest BCUT2D eigenvalue weighted by Gasteiger charge is 2.45. The fourth-order valence-corrected chi connectivity index (χ4v) is 0.789. The van der Waals surface area contributed by atoms with Crippen LogP contribution in [0.15, 0.2) is 0 Å². The summed E-state index contributed by atoms with van der Waals surface area (Å²) in [7, 11) is 0. The average molecular weight is 273 g/mol. The fraction of sp³-hybridized carbons (Fsp3) is 0.778. The maximum atomic E-state index is 12.2. The summed E-state index contributed by atoms with van der Waals surface area (Å²) in [5, 5.41) is 8.32. The van der Waals surface area contributed by atoms with Crippen LogP contribution >= 0.6 is 0 Å². The molecule has 0 aliphatic carbocycles. The Morgan fingerprint density at radius 3 is 2.11 bits per heavy atom. The Labute approximate surface area is 101 Å². The maximum absolute atomic E-state index is 12.2. The number of hydrogen-bond acceptors (Lipinski definition) is 4. The minimum atomic E-state index is -4.96. The van der Waals surface area contributed by atoms with E-state index < -0.39 is 36.4 Å². The number of ether oxygens (including phenoxy) is 1. The number of amides is 1. The van der Waals surface area contributed by atoms with E-state index in [9.17, 15) is 22.8 Å². The lowest BCUT2D eigenvalue weighted by molar-refractivity contribution is -0.206. The van der Waals surface area contributed by atoms with Crippen molar-refractivity contribution in [2.75, 3.05) is 6.61 Å². The minimum absolute atomic E-state index is 0.844. The molecule has 0 aliphatic heterocycles. The second-order valence-electron chi connectivity index (χ2n) is 4.35. The summed E-state index contributed by atoms with van der Waals surface area (Å²) in [6.45, 7) is 3.39. The smallest absolute Gasteiger partial charge is 0.431 e. The van der Waals surface area contributed by atoms with Crippen LogP contribution in [0.5, 0.6) is 0 Å². The van der Waals surface area contributed by atoms with Gasteiger partial charge >= 0.3 is 18.2 Å². The summed E-state index contributed by atoms with van der Waals surface area (Å²) >= 11 is 0. The van der Waals surface area contributed by atoms with Gasteiger partial charge in [0.05, 0.1) is 6.61 Å². The Bertz CT molecular complexity index is 310. The highest BCUT2D eigenvalue weighted by molar-refractivity contribution is 5.71. The first kappa shape index (κ1) is 16.5. The number of carbonyl (C=O) groups excluding carboxylic acids is 1. The molecule has 1 amide bonds. The zero-order valence-corrected chi connectivity index (χ0v) is 10.00. The quantitative estimate of drug-likeness (QED) is 0.761. The van der Waals surface area contributed by atoms with Gasteiger partial charge in [-0.1, -0.05) is 0 Å². The fourth-order valence-electron chi connectivity index (χ4n) is 0.789. The molecule has 2 N–H and O–H groups in total. The Kier molecular flexibility index (Phi) is 5.40. The van der Waals surface area contributed by atoms with Gasteiger partial charge in [0.15, 0.2) is 5.92 Å². The van der Waals surface area contributed by atoms with Crippen molar-refractivity contribution >= 4 is 12.1 Å². The molecule has 0 aromatic heterocycles. The van der Waals surface area contributed by atoms with Crippen LogP contribution in [0.2, 0.25) is 0 Å². The van der Waals surface area contributed by atoms with E-state index in [4.69, 9.17) is 5.11 Å². The average Bonchev–Trinajstić information content (AvgIpc) is 2.06. The number of carboxylic acid groups (broad SMARTS) is 1. The normalized spacial score (nSPS) is 13.9. The largest absolute Gasteiger partial charge is 0.481 e. The first-order valence-electron chi connectivity index (χ1n) is 4.84. The zero-order valence-electron chi connectivity index (χ0n) is 10.00. The van der Waals surface area contributed by atoms with Crippen LogP contribution in [-0.4, -0.2) is 35.6 Å². The number of hydrogen-bond donors (Lipinski definition) is 2. The third kappa shape index (κ3) is 6.94. The van der Waals surface area contributed by atoms with E-state index in [0.29, 0.717) is 0 Å². The molecule has 0 aliphatic rings. The van der Waals surface area contributed by atoms with Gasteiger partial charge in [-0.2, -0.15) is 18.7 Å². The van der Waals surface area contributed by atoms with Crippen molar-refractivity contribution in [3.63, 3.8) is 0 Å². The summed E-state index contributed by atoms with van der Waals surface area (Å²) in [4.78, 5) is 25.4. The van der Waals surface area contributed by atoms with Crippen molar-refractivity contribution in [2.24, 2.45) is 5.92 Å². The van der Waals surface area contributed by atoms with Crippen LogP contribution in [0.1, 0.15) is 20.8 Å². The summed E-state index contributed by atoms with van der Waals surface area (Å²) in [6, 6.07) is 0. The number of alkyl halides is 3. The van der Waals surface area contributed by atoms with E-state index >= 15 is 0 Å².